The summed E-state index contributed by atoms with van der Waals surface area (Å²) in [5, 5.41) is 0. The quantitative estimate of drug-likeness (QED) is 0.569. The Labute approximate surface area is 145 Å². The summed E-state index contributed by atoms with van der Waals surface area (Å²) < 4.78 is 17.1. The number of nitrogens with two attached hydrogens (primary N) is 1. The largest absolute Gasteiger partial charge is 0.368 e. The molecule has 2 N–H and O–H groups in total. The number of aromatic nitrogens is 4. The Morgan fingerprint density at radius 2 is 1.92 bits per heavy atom. The van der Waals surface area contributed by atoms with Crippen LogP contribution in [0.4, 0.5) is 10.3 Å². The number of imidazole rings is 1. The number of halogens is 2. The van der Waals surface area contributed by atoms with Gasteiger partial charge < -0.3 is 5.73 Å². The third-order valence-electron chi connectivity index (χ3n) is 3.62. The van der Waals surface area contributed by atoms with Crippen LogP contribution in [0.3, 0.4) is 0 Å². The zero-order valence-corrected chi connectivity index (χ0v) is 13.9. The summed E-state index contributed by atoms with van der Waals surface area (Å²) in [5.41, 5.74) is 8.49. The molecule has 0 aliphatic heterocycles. The molecule has 7 heteroatoms. The summed E-state index contributed by atoms with van der Waals surface area (Å²) in [6.45, 7) is 0. The van der Waals surface area contributed by atoms with Crippen molar-refractivity contribution in [2.24, 2.45) is 0 Å². The van der Waals surface area contributed by atoms with Gasteiger partial charge in [-0.2, -0.15) is 0 Å². The monoisotopic (exact) mass is 383 g/mol. The molecule has 0 aliphatic rings. The lowest BCUT2D eigenvalue weighted by Gasteiger charge is -2.07. The van der Waals surface area contributed by atoms with Crippen LogP contribution in [0, 0.1) is 5.82 Å². The summed E-state index contributed by atoms with van der Waals surface area (Å²) in [5.74, 6) is -0.538. The van der Waals surface area contributed by atoms with Crippen molar-refractivity contribution in [3.63, 3.8) is 0 Å². The van der Waals surface area contributed by atoms with Gasteiger partial charge in [-0.25, -0.2) is 19.3 Å². The third kappa shape index (κ3) is 2.43. The van der Waals surface area contributed by atoms with E-state index in [1.54, 1.807) is 4.40 Å². The maximum atomic E-state index is 14.4. The molecule has 3 aromatic heterocycles. The van der Waals surface area contributed by atoms with E-state index >= 15 is 0 Å². The van der Waals surface area contributed by atoms with Crippen LogP contribution < -0.4 is 5.73 Å². The first-order chi connectivity index (χ1) is 11.6. The van der Waals surface area contributed by atoms with Gasteiger partial charge in [0.1, 0.15) is 17.0 Å². The minimum Gasteiger partial charge on any atom is -0.368 e. The van der Waals surface area contributed by atoms with Gasteiger partial charge in [0, 0.05) is 16.2 Å². The van der Waals surface area contributed by atoms with Crippen molar-refractivity contribution < 1.29 is 4.39 Å². The van der Waals surface area contributed by atoms with Gasteiger partial charge in [0.05, 0.1) is 11.9 Å². The molecule has 0 spiro atoms. The Morgan fingerprint density at radius 3 is 2.75 bits per heavy atom. The standard InChI is InChI=1S/C17H11BrFN5/c18-11-5-3-4-10(8-11)14-16(15-12(19)9-21-17(20)23-15)24-7-2-1-6-13(24)22-14/h1-9H,(H2,20,21,23). The summed E-state index contributed by atoms with van der Waals surface area (Å²) in [6, 6.07) is 13.2. The second-order valence-electron chi connectivity index (χ2n) is 5.17. The summed E-state index contributed by atoms with van der Waals surface area (Å²) in [6.07, 6.45) is 2.89. The van der Waals surface area contributed by atoms with Gasteiger partial charge in [-0.15, -0.1) is 0 Å². The molecule has 0 unspecified atom stereocenters. The predicted molar refractivity (Wildman–Crippen MR) is 93.7 cm³/mol. The highest BCUT2D eigenvalue weighted by molar-refractivity contribution is 9.10. The Balaban J connectivity index is 2.09. The molecule has 0 fully saturated rings. The second-order valence-corrected chi connectivity index (χ2v) is 6.09. The Kier molecular flexibility index (Phi) is 3.50. The maximum Gasteiger partial charge on any atom is 0.220 e. The topological polar surface area (TPSA) is 69.1 Å². The number of rotatable bonds is 2. The van der Waals surface area contributed by atoms with Crippen LogP contribution in [0.2, 0.25) is 0 Å². The number of nitrogens with zero attached hydrogens (tertiary/aromatic N) is 4. The molecule has 3 heterocycles. The minimum absolute atomic E-state index is 0.0115. The number of benzene rings is 1. The van der Waals surface area contributed by atoms with Crippen LogP contribution in [0.5, 0.6) is 0 Å². The van der Waals surface area contributed by atoms with E-state index in [0.717, 1.165) is 16.2 Å². The van der Waals surface area contributed by atoms with Crippen molar-refractivity contribution in [1.29, 1.82) is 0 Å². The zero-order chi connectivity index (χ0) is 16.7. The lowest BCUT2D eigenvalue weighted by Crippen LogP contribution is -2.01. The Bertz CT molecular complexity index is 1060. The van der Waals surface area contributed by atoms with Crippen molar-refractivity contribution in [3.8, 4) is 22.6 Å². The fourth-order valence-electron chi connectivity index (χ4n) is 2.61. The molecule has 0 radical (unpaired) electrons. The van der Waals surface area contributed by atoms with Crippen LogP contribution in [-0.4, -0.2) is 19.4 Å². The summed E-state index contributed by atoms with van der Waals surface area (Å²) in [4.78, 5) is 12.4. The van der Waals surface area contributed by atoms with Crippen molar-refractivity contribution in [1.82, 2.24) is 19.4 Å². The molecule has 0 saturated heterocycles. The molecule has 0 atom stereocenters. The predicted octanol–water partition coefficient (Wildman–Crippen LogP) is 3.94. The number of hydrogen-bond donors (Lipinski definition) is 1. The van der Waals surface area contributed by atoms with Crippen LogP contribution in [0.25, 0.3) is 28.3 Å². The van der Waals surface area contributed by atoms with Crippen molar-refractivity contribution in [2.45, 2.75) is 0 Å². The molecule has 0 amide bonds. The van der Waals surface area contributed by atoms with Crippen LogP contribution in [0.15, 0.2) is 59.3 Å². The molecule has 5 nitrogen and oxygen atoms in total. The second kappa shape index (κ2) is 5.68. The van der Waals surface area contributed by atoms with Gasteiger partial charge in [-0.05, 0) is 24.3 Å². The summed E-state index contributed by atoms with van der Waals surface area (Å²) >= 11 is 3.46. The highest BCUT2D eigenvalue weighted by Crippen LogP contribution is 2.34. The van der Waals surface area contributed by atoms with E-state index < -0.39 is 5.82 Å². The number of pyridine rings is 1. The first kappa shape index (κ1) is 14.8. The van der Waals surface area contributed by atoms with Crippen LogP contribution in [0.1, 0.15) is 0 Å². The highest BCUT2D eigenvalue weighted by Gasteiger charge is 2.20. The molecule has 0 saturated carbocycles. The number of nitrogen functional groups attached to an aromatic ring is 1. The summed E-state index contributed by atoms with van der Waals surface area (Å²) in [7, 11) is 0. The van der Waals surface area contributed by atoms with Crippen LogP contribution >= 0.6 is 15.9 Å². The molecule has 24 heavy (non-hydrogen) atoms. The van der Waals surface area contributed by atoms with E-state index in [4.69, 9.17) is 5.73 Å². The van der Waals surface area contributed by atoms with E-state index in [1.807, 2.05) is 48.7 Å². The van der Waals surface area contributed by atoms with Gasteiger partial charge >= 0.3 is 0 Å². The number of hydrogen-bond acceptors (Lipinski definition) is 4. The minimum atomic E-state index is -0.550. The molecule has 0 bridgehead atoms. The van der Waals surface area contributed by atoms with E-state index in [1.165, 1.54) is 0 Å². The molecule has 0 aliphatic carbocycles. The van der Waals surface area contributed by atoms with Gasteiger partial charge in [0.15, 0.2) is 5.82 Å². The van der Waals surface area contributed by atoms with Gasteiger partial charge in [-0.1, -0.05) is 34.1 Å². The lowest BCUT2D eigenvalue weighted by molar-refractivity contribution is 0.618. The fourth-order valence-corrected chi connectivity index (χ4v) is 3.01. The first-order valence-corrected chi connectivity index (χ1v) is 7.94. The lowest BCUT2D eigenvalue weighted by atomic mass is 10.1. The molecular formula is C17H11BrFN5. The number of fused-ring (bicyclic) bond motifs is 1. The zero-order valence-electron chi connectivity index (χ0n) is 12.3. The Hall–Kier alpha value is -2.80. The average Bonchev–Trinajstić information content (AvgIpc) is 2.96. The third-order valence-corrected chi connectivity index (χ3v) is 4.11. The van der Waals surface area contributed by atoms with Crippen molar-refractivity contribution in [2.75, 3.05) is 5.73 Å². The maximum absolute atomic E-state index is 14.4. The van der Waals surface area contributed by atoms with E-state index in [-0.39, 0.29) is 11.6 Å². The molecule has 4 aromatic rings. The van der Waals surface area contributed by atoms with Crippen LogP contribution in [-0.2, 0) is 0 Å². The van der Waals surface area contributed by atoms with E-state index in [2.05, 4.69) is 30.9 Å². The molecule has 4 rings (SSSR count). The average molecular weight is 384 g/mol. The Morgan fingerprint density at radius 1 is 1.04 bits per heavy atom. The smallest absolute Gasteiger partial charge is 0.220 e. The normalized spacial score (nSPS) is 11.1. The molecule has 118 valence electrons. The SMILES string of the molecule is Nc1ncc(F)c(-c2c(-c3cccc(Br)c3)nc3ccccn23)n1. The van der Waals surface area contributed by atoms with E-state index in [0.29, 0.717) is 17.0 Å². The highest BCUT2D eigenvalue weighted by atomic mass is 79.9. The van der Waals surface area contributed by atoms with Crippen molar-refractivity contribution >= 4 is 27.5 Å². The first-order valence-electron chi connectivity index (χ1n) is 7.15. The molecular weight excluding hydrogens is 373 g/mol. The number of anilines is 1. The molecule has 1 aromatic carbocycles. The van der Waals surface area contributed by atoms with Gasteiger partial charge in [-0.3, -0.25) is 4.40 Å². The fraction of sp³-hybridized carbons (Fsp3) is 0. The van der Waals surface area contributed by atoms with Gasteiger partial charge in [0.2, 0.25) is 5.95 Å². The van der Waals surface area contributed by atoms with Gasteiger partial charge in [0.25, 0.3) is 0 Å². The van der Waals surface area contributed by atoms with Crippen molar-refractivity contribution in [3.05, 3.63) is 65.1 Å². The van der Waals surface area contributed by atoms with E-state index in [9.17, 15) is 4.39 Å².